The van der Waals surface area contributed by atoms with E-state index in [0.29, 0.717) is 0 Å². The molecular weight excluding hydrogens is 230 g/mol. The molecule has 1 heteroatoms. The first-order chi connectivity index (χ1) is 8.81. The zero-order valence-corrected chi connectivity index (χ0v) is 13.0. The third-order valence-corrected chi connectivity index (χ3v) is 3.98. The summed E-state index contributed by atoms with van der Waals surface area (Å²) in [5.74, 6) is 0. The third kappa shape index (κ3) is 3.48. The molecule has 0 aliphatic heterocycles. The third-order valence-electron chi connectivity index (χ3n) is 3.98. The number of rotatable bonds is 3. The summed E-state index contributed by atoms with van der Waals surface area (Å²) in [5, 5.41) is 3.70. The molecule has 104 valence electrons. The maximum Gasteiger partial charge on any atom is 0.0147 e. The van der Waals surface area contributed by atoms with Gasteiger partial charge in [0.25, 0.3) is 0 Å². The predicted molar refractivity (Wildman–Crippen MR) is 83.7 cm³/mol. The van der Waals surface area contributed by atoms with Gasteiger partial charge in [0.1, 0.15) is 0 Å². The van der Waals surface area contributed by atoms with E-state index in [1.54, 1.807) is 0 Å². The molecule has 0 spiro atoms. The van der Waals surface area contributed by atoms with Crippen LogP contribution in [0, 0.1) is 13.8 Å². The maximum absolute atomic E-state index is 3.70. The summed E-state index contributed by atoms with van der Waals surface area (Å²) in [6.45, 7) is 12.2. The fourth-order valence-electron chi connectivity index (χ4n) is 2.90. The molecule has 0 radical (unpaired) electrons. The molecule has 0 amide bonds. The van der Waals surface area contributed by atoms with Crippen LogP contribution in [0.3, 0.4) is 0 Å². The van der Waals surface area contributed by atoms with Gasteiger partial charge < -0.3 is 5.32 Å². The fourth-order valence-corrected chi connectivity index (χ4v) is 2.90. The van der Waals surface area contributed by atoms with Gasteiger partial charge >= 0.3 is 0 Å². The quantitative estimate of drug-likeness (QED) is 0.797. The number of hydrogen-bond acceptors (Lipinski definition) is 1. The van der Waals surface area contributed by atoms with Gasteiger partial charge in [-0.05, 0) is 53.0 Å². The fraction of sp³-hybridized carbons (Fsp3) is 0.556. The van der Waals surface area contributed by atoms with Crippen LogP contribution >= 0.6 is 0 Å². The molecule has 1 aromatic rings. The summed E-state index contributed by atoms with van der Waals surface area (Å²) in [4.78, 5) is 0. The van der Waals surface area contributed by atoms with Gasteiger partial charge in [-0.2, -0.15) is 0 Å². The minimum absolute atomic E-state index is 0.175. The summed E-state index contributed by atoms with van der Waals surface area (Å²) in [7, 11) is 0. The van der Waals surface area contributed by atoms with Gasteiger partial charge in [-0.1, -0.05) is 41.5 Å². The first-order valence-corrected chi connectivity index (χ1v) is 7.30. The van der Waals surface area contributed by atoms with Gasteiger partial charge in [-0.25, -0.2) is 0 Å². The lowest BCUT2D eigenvalue weighted by molar-refractivity contribution is 0.340. The lowest BCUT2D eigenvalue weighted by Crippen LogP contribution is -2.45. The van der Waals surface area contributed by atoms with Gasteiger partial charge in [-0.15, -0.1) is 0 Å². The summed E-state index contributed by atoms with van der Waals surface area (Å²) < 4.78 is 0. The highest BCUT2D eigenvalue weighted by molar-refractivity contribution is 5.37. The molecule has 1 aliphatic rings. The van der Waals surface area contributed by atoms with Crippen molar-refractivity contribution in [3.05, 3.63) is 47.0 Å². The molecule has 19 heavy (non-hydrogen) atoms. The molecule has 0 aromatic heterocycles. The van der Waals surface area contributed by atoms with E-state index >= 15 is 0 Å². The van der Waals surface area contributed by atoms with Crippen molar-refractivity contribution in [2.24, 2.45) is 0 Å². The van der Waals surface area contributed by atoms with E-state index in [4.69, 9.17) is 0 Å². The zero-order valence-electron chi connectivity index (χ0n) is 13.0. The second-order valence-corrected chi connectivity index (χ2v) is 7.14. The van der Waals surface area contributed by atoms with Gasteiger partial charge in [0.15, 0.2) is 0 Å². The highest BCUT2D eigenvalue weighted by atomic mass is 15.0. The van der Waals surface area contributed by atoms with Crippen LogP contribution in [0.4, 0.5) is 0 Å². The lowest BCUT2D eigenvalue weighted by Gasteiger charge is -2.34. The second kappa shape index (κ2) is 5.13. The second-order valence-electron chi connectivity index (χ2n) is 7.14. The van der Waals surface area contributed by atoms with Crippen LogP contribution in [0.5, 0.6) is 0 Å². The van der Waals surface area contributed by atoms with Crippen molar-refractivity contribution in [2.45, 2.75) is 58.4 Å². The van der Waals surface area contributed by atoms with Crippen molar-refractivity contribution in [2.75, 3.05) is 6.54 Å². The van der Waals surface area contributed by atoms with Crippen molar-refractivity contribution in [3.63, 3.8) is 0 Å². The highest BCUT2D eigenvalue weighted by Crippen LogP contribution is 2.37. The van der Waals surface area contributed by atoms with E-state index in [9.17, 15) is 0 Å². The van der Waals surface area contributed by atoms with Crippen LogP contribution in [0.25, 0.3) is 0 Å². The first-order valence-electron chi connectivity index (χ1n) is 7.30. The Balaban J connectivity index is 2.28. The SMILES string of the molecule is Cc1cc(C)cc(C2(CNC(C)(C)C)CC=CC2)c1. The molecule has 0 saturated heterocycles. The topological polar surface area (TPSA) is 12.0 Å². The van der Waals surface area contributed by atoms with Crippen LogP contribution in [0.2, 0.25) is 0 Å². The summed E-state index contributed by atoms with van der Waals surface area (Å²) in [6, 6.07) is 6.99. The van der Waals surface area contributed by atoms with E-state index in [-0.39, 0.29) is 11.0 Å². The van der Waals surface area contributed by atoms with Crippen molar-refractivity contribution in [1.29, 1.82) is 0 Å². The van der Waals surface area contributed by atoms with E-state index in [1.807, 2.05) is 0 Å². The van der Waals surface area contributed by atoms with Crippen LogP contribution < -0.4 is 5.32 Å². The van der Waals surface area contributed by atoms with Gasteiger partial charge in [-0.3, -0.25) is 0 Å². The lowest BCUT2D eigenvalue weighted by atomic mass is 9.76. The minimum Gasteiger partial charge on any atom is -0.311 e. The Bertz CT molecular complexity index is 449. The Kier molecular flexibility index (Phi) is 3.87. The van der Waals surface area contributed by atoms with Crippen molar-refractivity contribution >= 4 is 0 Å². The standard InChI is InChI=1S/C18H27N/c1-14-10-15(2)12-16(11-14)18(8-6-7-9-18)13-19-17(3,4)5/h6-7,10-12,19H,8-9,13H2,1-5H3. The molecule has 0 bridgehead atoms. The Morgan fingerprint density at radius 2 is 1.53 bits per heavy atom. The average Bonchev–Trinajstić information content (AvgIpc) is 2.74. The highest BCUT2D eigenvalue weighted by Gasteiger charge is 2.34. The molecule has 1 N–H and O–H groups in total. The first kappa shape index (κ1) is 14.3. The molecule has 2 rings (SSSR count). The van der Waals surface area contributed by atoms with E-state index < -0.39 is 0 Å². The summed E-state index contributed by atoms with van der Waals surface area (Å²) >= 11 is 0. The minimum atomic E-state index is 0.175. The Morgan fingerprint density at radius 1 is 1.00 bits per heavy atom. The molecule has 0 saturated carbocycles. The Morgan fingerprint density at radius 3 is 2.00 bits per heavy atom. The Hall–Kier alpha value is -1.08. The van der Waals surface area contributed by atoms with E-state index in [2.05, 4.69) is 70.3 Å². The summed E-state index contributed by atoms with van der Waals surface area (Å²) in [6.07, 6.45) is 6.97. The number of nitrogens with one attached hydrogen (secondary N) is 1. The van der Waals surface area contributed by atoms with Gasteiger partial charge in [0.05, 0.1) is 0 Å². The molecule has 0 unspecified atom stereocenters. The molecule has 1 aliphatic carbocycles. The molecule has 0 atom stereocenters. The van der Waals surface area contributed by atoms with E-state index in [1.165, 1.54) is 16.7 Å². The molecular formula is C18H27N. The number of benzene rings is 1. The number of hydrogen-bond donors (Lipinski definition) is 1. The average molecular weight is 257 g/mol. The van der Waals surface area contributed by atoms with Gasteiger partial charge in [0.2, 0.25) is 0 Å². The summed E-state index contributed by atoms with van der Waals surface area (Å²) in [5.41, 5.74) is 4.67. The predicted octanol–water partition coefficient (Wildman–Crippen LogP) is 4.28. The van der Waals surface area contributed by atoms with Crippen LogP contribution in [0.1, 0.15) is 50.3 Å². The van der Waals surface area contributed by atoms with Crippen LogP contribution in [-0.2, 0) is 5.41 Å². The van der Waals surface area contributed by atoms with Crippen molar-refractivity contribution in [1.82, 2.24) is 5.32 Å². The van der Waals surface area contributed by atoms with Crippen molar-refractivity contribution in [3.8, 4) is 0 Å². The van der Waals surface area contributed by atoms with Gasteiger partial charge in [0, 0.05) is 17.5 Å². The molecule has 1 nitrogen and oxygen atoms in total. The normalized spacial score (nSPS) is 17.9. The van der Waals surface area contributed by atoms with Crippen LogP contribution in [-0.4, -0.2) is 12.1 Å². The Labute approximate surface area is 118 Å². The molecule has 0 fully saturated rings. The molecule has 0 heterocycles. The number of allylic oxidation sites excluding steroid dienone is 2. The zero-order chi connectivity index (χ0) is 14.1. The number of aryl methyl sites for hydroxylation is 2. The van der Waals surface area contributed by atoms with Crippen LogP contribution in [0.15, 0.2) is 30.4 Å². The van der Waals surface area contributed by atoms with Crippen molar-refractivity contribution < 1.29 is 0 Å². The largest absolute Gasteiger partial charge is 0.311 e. The maximum atomic E-state index is 3.70. The monoisotopic (exact) mass is 257 g/mol. The van der Waals surface area contributed by atoms with E-state index in [0.717, 1.165) is 19.4 Å². The smallest absolute Gasteiger partial charge is 0.0147 e. The molecule has 1 aromatic carbocycles.